The van der Waals surface area contributed by atoms with Crippen molar-refractivity contribution in [2.24, 2.45) is 5.92 Å². The lowest BCUT2D eigenvalue weighted by molar-refractivity contribution is 0.0893. The van der Waals surface area contributed by atoms with Gasteiger partial charge < -0.3 is 9.84 Å². The fourth-order valence-corrected chi connectivity index (χ4v) is 3.88. The van der Waals surface area contributed by atoms with E-state index >= 15 is 0 Å². The SMILES string of the molecule is COc1ccc(C(O)CN2CCC3CCCCC32)cc1. The Hall–Kier alpha value is -1.06. The number of likely N-dealkylation sites (tertiary alicyclic amines) is 1. The van der Waals surface area contributed by atoms with Crippen molar-refractivity contribution in [3.05, 3.63) is 29.8 Å². The Morgan fingerprint density at radius 2 is 1.95 bits per heavy atom. The lowest BCUT2D eigenvalue weighted by Gasteiger charge is -2.32. The summed E-state index contributed by atoms with van der Waals surface area (Å²) in [4.78, 5) is 2.51. The highest BCUT2D eigenvalue weighted by Gasteiger charge is 2.36. The van der Waals surface area contributed by atoms with Crippen LogP contribution in [0.5, 0.6) is 5.75 Å². The highest BCUT2D eigenvalue weighted by molar-refractivity contribution is 5.28. The first-order valence-electron chi connectivity index (χ1n) is 7.84. The van der Waals surface area contributed by atoms with Crippen LogP contribution in [0.2, 0.25) is 0 Å². The van der Waals surface area contributed by atoms with Crippen molar-refractivity contribution in [1.82, 2.24) is 4.90 Å². The third-order valence-electron chi connectivity index (χ3n) is 5.03. The largest absolute Gasteiger partial charge is 0.497 e. The second-order valence-corrected chi connectivity index (χ2v) is 6.18. The van der Waals surface area contributed by atoms with Crippen LogP contribution >= 0.6 is 0 Å². The first-order valence-corrected chi connectivity index (χ1v) is 7.84. The van der Waals surface area contributed by atoms with Crippen LogP contribution in [-0.4, -0.2) is 36.2 Å². The average molecular weight is 275 g/mol. The number of benzene rings is 1. The number of aliphatic hydroxyl groups is 1. The smallest absolute Gasteiger partial charge is 0.118 e. The third kappa shape index (κ3) is 2.84. The minimum Gasteiger partial charge on any atom is -0.497 e. The molecule has 1 aromatic rings. The van der Waals surface area contributed by atoms with Crippen LogP contribution in [-0.2, 0) is 0 Å². The zero-order valence-corrected chi connectivity index (χ0v) is 12.3. The Morgan fingerprint density at radius 3 is 2.70 bits per heavy atom. The molecule has 1 N–H and O–H groups in total. The summed E-state index contributed by atoms with van der Waals surface area (Å²) in [7, 11) is 1.67. The zero-order valence-electron chi connectivity index (χ0n) is 12.3. The number of methoxy groups -OCH3 is 1. The molecule has 1 heterocycles. The number of hydrogen-bond acceptors (Lipinski definition) is 3. The molecule has 0 bridgehead atoms. The van der Waals surface area contributed by atoms with Crippen LogP contribution in [0.3, 0.4) is 0 Å². The molecule has 1 aliphatic heterocycles. The van der Waals surface area contributed by atoms with Gasteiger partial charge in [-0.15, -0.1) is 0 Å². The number of β-amino-alcohol motifs (C(OH)–C–C–N with tert-alkyl or cyclic N) is 1. The highest BCUT2D eigenvalue weighted by atomic mass is 16.5. The van der Waals surface area contributed by atoms with Crippen LogP contribution < -0.4 is 4.74 Å². The predicted molar refractivity (Wildman–Crippen MR) is 79.9 cm³/mol. The number of aliphatic hydroxyl groups excluding tert-OH is 1. The average Bonchev–Trinajstić information content (AvgIpc) is 2.91. The predicted octanol–water partition coefficient (Wildman–Crippen LogP) is 2.99. The summed E-state index contributed by atoms with van der Waals surface area (Å²) in [6.45, 7) is 1.93. The summed E-state index contributed by atoms with van der Waals surface area (Å²) in [6, 6.07) is 8.50. The van der Waals surface area contributed by atoms with Crippen LogP contribution in [0.15, 0.2) is 24.3 Å². The maximum Gasteiger partial charge on any atom is 0.118 e. The number of nitrogens with zero attached hydrogens (tertiary/aromatic N) is 1. The summed E-state index contributed by atoms with van der Waals surface area (Å²) >= 11 is 0. The van der Waals surface area contributed by atoms with Gasteiger partial charge in [-0.25, -0.2) is 0 Å². The molecule has 2 fully saturated rings. The van der Waals surface area contributed by atoms with Crippen molar-refractivity contribution in [3.63, 3.8) is 0 Å². The van der Waals surface area contributed by atoms with Gasteiger partial charge in [-0.2, -0.15) is 0 Å². The van der Waals surface area contributed by atoms with Crippen molar-refractivity contribution < 1.29 is 9.84 Å². The topological polar surface area (TPSA) is 32.7 Å². The number of fused-ring (bicyclic) bond motifs is 1. The Bertz CT molecular complexity index is 431. The molecule has 3 unspecified atom stereocenters. The zero-order chi connectivity index (χ0) is 13.9. The fourth-order valence-electron chi connectivity index (χ4n) is 3.88. The Morgan fingerprint density at radius 1 is 1.20 bits per heavy atom. The molecule has 3 heteroatoms. The molecule has 0 amide bonds. The van der Waals surface area contributed by atoms with Crippen LogP contribution in [0, 0.1) is 5.92 Å². The third-order valence-corrected chi connectivity index (χ3v) is 5.03. The van der Waals surface area contributed by atoms with E-state index in [0.29, 0.717) is 0 Å². The van der Waals surface area contributed by atoms with Gasteiger partial charge in [0.2, 0.25) is 0 Å². The van der Waals surface area contributed by atoms with Gasteiger partial charge >= 0.3 is 0 Å². The standard InChI is InChI=1S/C17H25NO2/c1-20-15-8-6-14(7-9-15)17(19)12-18-11-10-13-4-2-3-5-16(13)18/h6-9,13,16-17,19H,2-5,10-12H2,1H3. The minimum absolute atomic E-state index is 0.387. The molecular formula is C17H25NO2. The molecule has 3 nitrogen and oxygen atoms in total. The number of ether oxygens (including phenoxy) is 1. The van der Waals surface area contributed by atoms with Gasteiger partial charge in [0.15, 0.2) is 0 Å². The Kier molecular flexibility index (Phi) is 4.27. The van der Waals surface area contributed by atoms with Gasteiger partial charge in [0.05, 0.1) is 13.2 Å². The highest BCUT2D eigenvalue weighted by Crippen LogP contribution is 2.37. The maximum absolute atomic E-state index is 10.5. The molecule has 20 heavy (non-hydrogen) atoms. The van der Waals surface area contributed by atoms with Gasteiger partial charge in [-0.1, -0.05) is 25.0 Å². The Labute approximate surface area is 121 Å². The summed E-state index contributed by atoms with van der Waals surface area (Å²) in [5, 5.41) is 10.5. The van der Waals surface area contributed by atoms with Crippen molar-refractivity contribution in [1.29, 1.82) is 0 Å². The second kappa shape index (κ2) is 6.15. The normalized spacial score (nSPS) is 28.1. The van der Waals surface area contributed by atoms with E-state index in [2.05, 4.69) is 4.90 Å². The first kappa shape index (κ1) is 13.9. The second-order valence-electron chi connectivity index (χ2n) is 6.18. The quantitative estimate of drug-likeness (QED) is 0.917. The fraction of sp³-hybridized carbons (Fsp3) is 0.647. The van der Waals surface area contributed by atoms with Crippen molar-refractivity contribution in [2.75, 3.05) is 20.2 Å². The van der Waals surface area contributed by atoms with Crippen LogP contribution in [0.1, 0.15) is 43.8 Å². The molecule has 3 atom stereocenters. The summed E-state index contributed by atoms with van der Waals surface area (Å²) < 4.78 is 5.16. The summed E-state index contributed by atoms with van der Waals surface area (Å²) in [5.41, 5.74) is 0.991. The lowest BCUT2D eigenvalue weighted by atomic mass is 9.85. The van der Waals surface area contributed by atoms with Gasteiger partial charge in [0, 0.05) is 12.6 Å². The van der Waals surface area contributed by atoms with Gasteiger partial charge in [-0.05, 0) is 49.4 Å². The van der Waals surface area contributed by atoms with E-state index in [1.165, 1.54) is 32.1 Å². The molecule has 0 aromatic heterocycles. The van der Waals surface area contributed by atoms with E-state index in [4.69, 9.17) is 4.74 Å². The van der Waals surface area contributed by atoms with Crippen molar-refractivity contribution in [3.8, 4) is 5.75 Å². The minimum atomic E-state index is -0.387. The molecular weight excluding hydrogens is 250 g/mol. The van der Waals surface area contributed by atoms with E-state index in [1.807, 2.05) is 24.3 Å². The number of hydrogen-bond donors (Lipinski definition) is 1. The van der Waals surface area contributed by atoms with E-state index < -0.39 is 0 Å². The lowest BCUT2D eigenvalue weighted by Crippen LogP contribution is -2.37. The number of rotatable bonds is 4. The van der Waals surface area contributed by atoms with Gasteiger partial charge in [0.1, 0.15) is 5.75 Å². The Balaban J connectivity index is 1.61. The summed E-state index contributed by atoms with van der Waals surface area (Å²) in [5.74, 6) is 1.72. The summed E-state index contributed by atoms with van der Waals surface area (Å²) in [6.07, 6.45) is 6.40. The van der Waals surface area contributed by atoms with E-state index in [9.17, 15) is 5.11 Å². The van der Waals surface area contributed by atoms with E-state index in [0.717, 1.165) is 36.4 Å². The van der Waals surface area contributed by atoms with Crippen molar-refractivity contribution in [2.45, 2.75) is 44.2 Å². The molecule has 110 valence electrons. The first-order chi connectivity index (χ1) is 9.78. The van der Waals surface area contributed by atoms with Crippen LogP contribution in [0.25, 0.3) is 0 Å². The monoisotopic (exact) mass is 275 g/mol. The molecule has 0 spiro atoms. The molecule has 1 saturated heterocycles. The maximum atomic E-state index is 10.5. The molecule has 1 aliphatic carbocycles. The molecule has 1 aromatic carbocycles. The molecule has 0 radical (unpaired) electrons. The van der Waals surface area contributed by atoms with E-state index in [1.54, 1.807) is 7.11 Å². The van der Waals surface area contributed by atoms with Gasteiger partial charge in [0.25, 0.3) is 0 Å². The molecule has 1 saturated carbocycles. The van der Waals surface area contributed by atoms with Crippen LogP contribution in [0.4, 0.5) is 0 Å². The van der Waals surface area contributed by atoms with E-state index in [-0.39, 0.29) is 6.10 Å². The molecule has 2 aliphatic rings. The van der Waals surface area contributed by atoms with Gasteiger partial charge in [-0.3, -0.25) is 4.90 Å². The molecule has 3 rings (SSSR count). The van der Waals surface area contributed by atoms with Crippen molar-refractivity contribution >= 4 is 0 Å².